The van der Waals surface area contributed by atoms with Crippen LogP contribution in [-0.2, 0) is 14.3 Å². The molecule has 2 atom stereocenters. The van der Waals surface area contributed by atoms with E-state index in [0.29, 0.717) is 19.4 Å². The Morgan fingerprint density at radius 1 is 0.346 bits per heavy atom. The number of nitrogens with one attached hydrogen (secondary N) is 1. The molecule has 0 aliphatic heterocycles. The number of hydrogen-bond acceptors (Lipinski definition) is 5. The summed E-state index contributed by atoms with van der Waals surface area (Å²) in [5, 5.41) is 23.2. The number of hydrogen-bond donors (Lipinski definition) is 3. The lowest BCUT2D eigenvalue weighted by atomic mass is 10.0. The third kappa shape index (κ3) is 63.8. The van der Waals surface area contributed by atoms with Gasteiger partial charge in [0.15, 0.2) is 0 Å². The molecule has 0 aromatic heterocycles. The Kier molecular flexibility index (Phi) is 66.9. The smallest absolute Gasteiger partial charge is 0.305 e. The number of esters is 1. The van der Waals surface area contributed by atoms with Crippen molar-refractivity contribution < 1.29 is 24.5 Å². The second kappa shape index (κ2) is 68.1. The van der Waals surface area contributed by atoms with Crippen LogP contribution in [0.3, 0.4) is 0 Å². The van der Waals surface area contributed by atoms with E-state index < -0.39 is 12.1 Å². The molecule has 0 rings (SSSR count). The van der Waals surface area contributed by atoms with Crippen molar-refractivity contribution in [3.63, 3.8) is 0 Å². The van der Waals surface area contributed by atoms with E-state index in [9.17, 15) is 19.8 Å². The van der Waals surface area contributed by atoms with Crippen LogP contribution in [0.5, 0.6) is 0 Å². The van der Waals surface area contributed by atoms with Gasteiger partial charge in [-0.2, -0.15) is 0 Å². The average molecular weight is 1100 g/mol. The highest BCUT2D eigenvalue weighted by Gasteiger charge is 2.18. The third-order valence-electron chi connectivity index (χ3n) is 17.1. The summed E-state index contributed by atoms with van der Waals surface area (Å²) in [6.07, 6.45) is 84.4. The Balaban J connectivity index is 3.34. The van der Waals surface area contributed by atoms with Gasteiger partial charge in [-0.3, -0.25) is 9.59 Å². The Bertz CT molecular complexity index is 1180. The van der Waals surface area contributed by atoms with Crippen molar-refractivity contribution in [1.82, 2.24) is 5.32 Å². The maximum absolute atomic E-state index is 12.5. The number of carbonyl (C=O) groups is 2. The minimum Gasteiger partial charge on any atom is -0.466 e. The zero-order valence-electron chi connectivity index (χ0n) is 53.2. The van der Waals surface area contributed by atoms with Gasteiger partial charge in [-0.1, -0.05) is 379 Å². The van der Waals surface area contributed by atoms with Crippen molar-refractivity contribution in [1.29, 1.82) is 0 Å². The lowest BCUT2D eigenvalue weighted by molar-refractivity contribution is -0.143. The van der Waals surface area contributed by atoms with E-state index in [0.717, 1.165) is 38.5 Å². The summed E-state index contributed by atoms with van der Waals surface area (Å²) in [4.78, 5) is 24.6. The van der Waals surface area contributed by atoms with Crippen LogP contribution in [-0.4, -0.2) is 47.4 Å². The van der Waals surface area contributed by atoms with Gasteiger partial charge in [-0.05, 0) is 32.1 Å². The number of ether oxygens (including phenoxy) is 1. The number of aliphatic hydroxyl groups is 2. The molecule has 1 amide bonds. The molecular formula is C72H141NO5. The summed E-state index contributed by atoms with van der Waals surface area (Å²) in [5.74, 6) is -0.0377. The normalized spacial score (nSPS) is 12.5. The molecule has 6 nitrogen and oxygen atoms in total. The van der Waals surface area contributed by atoms with E-state index in [1.807, 2.05) is 6.08 Å². The standard InChI is InChI=1S/C72H141NO5/c1-3-5-7-9-11-13-15-17-19-33-37-40-44-48-52-56-60-64-70(75)69(68-74)73-71(76)65-61-57-53-49-45-41-38-34-31-29-27-25-23-21-20-22-24-26-28-30-32-35-39-43-47-51-55-59-63-67-78-72(77)66-62-58-54-50-46-42-36-18-16-14-12-10-8-6-4-2/h60,64,69-70,74-75H,3-59,61-63,65-68H2,1-2H3,(H,73,76)/b64-60+. The highest BCUT2D eigenvalue weighted by Crippen LogP contribution is 2.19. The van der Waals surface area contributed by atoms with E-state index >= 15 is 0 Å². The van der Waals surface area contributed by atoms with Gasteiger partial charge in [0.1, 0.15) is 0 Å². The molecule has 0 saturated heterocycles. The summed E-state index contributed by atoms with van der Waals surface area (Å²) >= 11 is 0. The fraction of sp³-hybridized carbons (Fsp3) is 0.944. The first-order chi connectivity index (χ1) is 38.5. The first-order valence-electron chi connectivity index (χ1n) is 36.0. The Morgan fingerprint density at radius 3 is 0.872 bits per heavy atom. The fourth-order valence-corrected chi connectivity index (χ4v) is 11.6. The van der Waals surface area contributed by atoms with Gasteiger partial charge in [0.2, 0.25) is 5.91 Å². The molecule has 6 heteroatoms. The number of allylic oxidation sites excluding steroid dienone is 1. The molecule has 0 heterocycles. The molecule has 0 bridgehead atoms. The van der Waals surface area contributed by atoms with E-state index in [2.05, 4.69) is 19.2 Å². The Labute approximate surface area is 489 Å². The second-order valence-corrected chi connectivity index (χ2v) is 24.9. The zero-order valence-corrected chi connectivity index (χ0v) is 53.2. The molecule has 0 aromatic rings. The number of unbranched alkanes of at least 4 members (excludes halogenated alkanes) is 57. The maximum Gasteiger partial charge on any atom is 0.305 e. The SMILES string of the molecule is CCCCCCCCCCCCCCCCC/C=C/C(O)C(CO)NC(=O)CCCCCCCCCCCCCCCCCCCCCCCCCCCCCCCOC(=O)CCCCCCCCCCCCCCCCC. The molecule has 2 unspecified atom stereocenters. The minimum absolute atomic E-state index is 0.0230. The summed E-state index contributed by atoms with van der Waals surface area (Å²) in [7, 11) is 0. The lowest BCUT2D eigenvalue weighted by Gasteiger charge is -2.20. The van der Waals surface area contributed by atoms with Crippen molar-refractivity contribution in [2.45, 2.75) is 424 Å². The molecule has 0 aliphatic rings. The predicted octanol–water partition coefficient (Wildman–Crippen LogP) is 23.1. The topological polar surface area (TPSA) is 95.9 Å². The van der Waals surface area contributed by atoms with Gasteiger partial charge in [0.25, 0.3) is 0 Å². The van der Waals surface area contributed by atoms with Crippen molar-refractivity contribution in [2.75, 3.05) is 13.2 Å². The third-order valence-corrected chi connectivity index (χ3v) is 17.1. The van der Waals surface area contributed by atoms with Gasteiger partial charge < -0.3 is 20.3 Å². The minimum atomic E-state index is -0.841. The fourth-order valence-electron chi connectivity index (χ4n) is 11.6. The van der Waals surface area contributed by atoms with Crippen molar-refractivity contribution in [3.8, 4) is 0 Å². The van der Waals surface area contributed by atoms with Crippen LogP contribution in [0.15, 0.2) is 12.2 Å². The summed E-state index contributed by atoms with van der Waals surface area (Å²) in [6, 6.07) is -0.625. The highest BCUT2D eigenvalue weighted by molar-refractivity contribution is 5.76. The first-order valence-corrected chi connectivity index (χ1v) is 36.0. The monoisotopic (exact) mass is 1100 g/mol. The highest BCUT2D eigenvalue weighted by atomic mass is 16.5. The van der Waals surface area contributed by atoms with Gasteiger partial charge in [0.05, 0.1) is 25.4 Å². The van der Waals surface area contributed by atoms with Gasteiger partial charge in [0, 0.05) is 12.8 Å². The average Bonchev–Trinajstić information content (AvgIpc) is 3.44. The van der Waals surface area contributed by atoms with Crippen molar-refractivity contribution in [3.05, 3.63) is 12.2 Å². The Hall–Kier alpha value is -1.40. The largest absolute Gasteiger partial charge is 0.466 e. The molecule has 0 aliphatic carbocycles. The van der Waals surface area contributed by atoms with Crippen LogP contribution in [0, 0.1) is 0 Å². The second-order valence-electron chi connectivity index (χ2n) is 24.9. The molecule has 3 N–H and O–H groups in total. The van der Waals surface area contributed by atoms with Gasteiger partial charge in [-0.15, -0.1) is 0 Å². The van der Waals surface area contributed by atoms with Crippen LogP contribution in [0.4, 0.5) is 0 Å². The first kappa shape index (κ1) is 76.6. The molecule has 0 radical (unpaired) electrons. The molecule has 0 fully saturated rings. The quantitative estimate of drug-likeness (QED) is 0.0320. The number of amides is 1. The summed E-state index contributed by atoms with van der Waals surface area (Å²) < 4.78 is 5.50. The lowest BCUT2D eigenvalue weighted by Crippen LogP contribution is -2.45. The van der Waals surface area contributed by atoms with E-state index in [1.54, 1.807) is 6.08 Å². The van der Waals surface area contributed by atoms with Crippen molar-refractivity contribution in [2.24, 2.45) is 0 Å². The van der Waals surface area contributed by atoms with Crippen LogP contribution in [0.25, 0.3) is 0 Å². The van der Waals surface area contributed by atoms with Crippen LogP contribution >= 0.6 is 0 Å². The van der Waals surface area contributed by atoms with Crippen LogP contribution < -0.4 is 5.32 Å². The Morgan fingerprint density at radius 2 is 0.590 bits per heavy atom. The number of rotatable bonds is 68. The number of aliphatic hydroxyl groups excluding tert-OH is 2. The van der Waals surface area contributed by atoms with Crippen molar-refractivity contribution >= 4 is 11.9 Å². The molecule has 464 valence electrons. The molecule has 0 aromatic carbocycles. The molecule has 0 spiro atoms. The van der Waals surface area contributed by atoms with Crippen LogP contribution in [0.2, 0.25) is 0 Å². The zero-order chi connectivity index (χ0) is 56.4. The van der Waals surface area contributed by atoms with E-state index in [1.165, 1.54) is 347 Å². The summed E-state index contributed by atoms with van der Waals surface area (Å²) in [6.45, 7) is 4.95. The summed E-state index contributed by atoms with van der Waals surface area (Å²) in [5.41, 5.74) is 0. The maximum atomic E-state index is 12.5. The molecule has 0 saturated carbocycles. The van der Waals surface area contributed by atoms with E-state index in [4.69, 9.17) is 4.74 Å². The molecular weight excluding hydrogens is 959 g/mol. The van der Waals surface area contributed by atoms with E-state index in [-0.39, 0.29) is 18.5 Å². The van der Waals surface area contributed by atoms with Gasteiger partial charge >= 0.3 is 5.97 Å². The van der Waals surface area contributed by atoms with Gasteiger partial charge in [-0.25, -0.2) is 0 Å². The van der Waals surface area contributed by atoms with Crippen LogP contribution in [0.1, 0.15) is 412 Å². The molecule has 78 heavy (non-hydrogen) atoms. The predicted molar refractivity (Wildman–Crippen MR) is 343 cm³/mol. The number of carbonyl (C=O) groups excluding carboxylic acids is 2.